The van der Waals surface area contributed by atoms with Crippen LogP contribution in [-0.2, 0) is 6.54 Å². The molecule has 5 heteroatoms. The molecular formula is C16H13F2N3. The zero-order chi connectivity index (χ0) is 14.8. The smallest absolute Gasteiger partial charge is 0.140 e. The number of anilines is 1. The molecule has 0 aliphatic rings. The van der Waals surface area contributed by atoms with Crippen LogP contribution in [0.4, 0.5) is 14.5 Å². The van der Waals surface area contributed by atoms with Gasteiger partial charge in [-0.05, 0) is 30.3 Å². The fraction of sp³-hybridized carbons (Fsp3) is 0.0625. The average molecular weight is 285 g/mol. The molecule has 0 unspecified atom stereocenters. The summed E-state index contributed by atoms with van der Waals surface area (Å²) < 4.78 is 28.5. The number of benzene rings is 2. The highest BCUT2D eigenvalue weighted by molar-refractivity contribution is 5.59. The summed E-state index contributed by atoms with van der Waals surface area (Å²) in [5.41, 5.74) is 7.63. The molecule has 0 fully saturated rings. The van der Waals surface area contributed by atoms with E-state index >= 15 is 0 Å². The molecule has 0 aliphatic heterocycles. The van der Waals surface area contributed by atoms with E-state index in [1.54, 1.807) is 24.5 Å². The number of halogens is 2. The summed E-state index contributed by atoms with van der Waals surface area (Å²) >= 11 is 0. The summed E-state index contributed by atoms with van der Waals surface area (Å²) in [6.07, 6.45) is 3.40. The Morgan fingerprint density at radius 2 is 1.81 bits per heavy atom. The number of imidazole rings is 1. The molecule has 0 bridgehead atoms. The Bertz CT molecular complexity index is 763. The second-order valence-electron chi connectivity index (χ2n) is 4.74. The molecule has 3 rings (SSSR count). The Morgan fingerprint density at radius 1 is 1.05 bits per heavy atom. The van der Waals surface area contributed by atoms with Crippen molar-refractivity contribution in [1.29, 1.82) is 0 Å². The van der Waals surface area contributed by atoms with Crippen LogP contribution in [0.5, 0.6) is 0 Å². The second kappa shape index (κ2) is 5.36. The predicted octanol–water partition coefficient (Wildman–Crippen LogP) is 3.46. The van der Waals surface area contributed by atoms with Crippen molar-refractivity contribution >= 4 is 5.69 Å². The minimum absolute atomic E-state index is 0.284. The van der Waals surface area contributed by atoms with Gasteiger partial charge in [0.2, 0.25) is 0 Å². The van der Waals surface area contributed by atoms with E-state index in [0.29, 0.717) is 17.1 Å². The molecule has 2 N–H and O–H groups in total. The second-order valence-corrected chi connectivity index (χ2v) is 4.74. The van der Waals surface area contributed by atoms with Crippen molar-refractivity contribution in [2.75, 3.05) is 5.73 Å². The maximum Gasteiger partial charge on any atom is 0.140 e. The van der Waals surface area contributed by atoms with Gasteiger partial charge in [0.1, 0.15) is 17.5 Å². The van der Waals surface area contributed by atoms with Gasteiger partial charge in [0.15, 0.2) is 0 Å². The van der Waals surface area contributed by atoms with Crippen molar-refractivity contribution in [3.63, 3.8) is 0 Å². The molecule has 3 aromatic rings. The van der Waals surface area contributed by atoms with Crippen molar-refractivity contribution in [2.45, 2.75) is 6.54 Å². The quantitative estimate of drug-likeness (QED) is 0.749. The highest BCUT2D eigenvalue weighted by atomic mass is 19.1. The highest BCUT2D eigenvalue weighted by Crippen LogP contribution is 2.20. The van der Waals surface area contributed by atoms with Gasteiger partial charge in [-0.3, -0.25) is 0 Å². The Balaban J connectivity index is 1.94. The minimum atomic E-state index is -0.583. The third-order valence-electron chi connectivity index (χ3n) is 3.24. The van der Waals surface area contributed by atoms with Gasteiger partial charge in [-0.2, -0.15) is 0 Å². The molecule has 0 radical (unpaired) electrons. The summed E-state index contributed by atoms with van der Waals surface area (Å²) in [5, 5.41) is 0. The van der Waals surface area contributed by atoms with Gasteiger partial charge in [0.25, 0.3) is 0 Å². The van der Waals surface area contributed by atoms with E-state index in [2.05, 4.69) is 4.98 Å². The van der Waals surface area contributed by atoms with Crippen LogP contribution in [0.2, 0.25) is 0 Å². The molecule has 0 saturated carbocycles. The summed E-state index contributed by atoms with van der Waals surface area (Å²) in [6.45, 7) is 0.284. The molecule has 3 nitrogen and oxygen atoms in total. The van der Waals surface area contributed by atoms with Crippen molar-refractivity contribution < 1.29 is 8.78 Å². The van der Waals surface area contributed by atoms with Gasteiger partial charge < -0.3 is 10.3 Å². The van der Waals surface area contributed by atoms with Crippen molar-refractivity contribution in [3.05, 3.63) is 72.1 Å². The Morgan fingerprint density at radius 3 is 2.52 bits per heavy atom. The van der Waals surface area contributed by atoms with E-state index in [-0.39, 0.29) is 6.54 Å². The molecular weight excluding hydrogens is 272 g/mol. The average Bonchev–Trinajstić information content (AvgIpc) is 2.91. The van der Waals surface area contributed by atoms with Gasteiger partial charge in [-0.15, -0.1) is 0 Å². The van der Waals surface area contributed by atoms with Gasteiger partial charge in [-0.25, -0.2) is 13.8 Å². The number of hydrogen-bond acceptors (Lipinski definition) is 2. The van der Waals surface area contributed by atoms with Gasteiger partial charge in [0, 0.05) is 35.3 Å². The van der Waals surface area contributed by atoms with E-state index in [1.165, 1.54) is 12.1 Å². The zero-order valence-electron chi connectivity index (χ0n) is 11.1. The van der Waals surface area contributed by atoms with Crippen LogP contribution in [0.3, 0.4) is 0 Å². The van der Waals surface area contributed by atoms with Crippen LogP contribution in [0.1, 0.15) is 5.56 Å². The van der Waals surface area contributed by atoms with Gasteiger partial charge in [0.05, 0.1) is 6.54 Å². The molecule has 0 spiro atoms. The number of nitrogen functional groups attached to an aromatic ring is 1. The van der Waals surface area contributed by atoms with Crippen LogP contribution in [-0.4, -0.2) is 9.55 Å². The Kier molecular flexibility index (Phi) is 3.39. The highest BCUT2D eigenvalue weighted by Gasteiger charge is 2.09. The van der Waals surface area contributed by atoms with E-state index in [0.717, 1.165) is 11.6 Å². The topological polar surface area (TPSA) is 43.8 Å². The monoisotopic (exact) mass is 285 g/mol. The summed E-state index contributed by atoms with van der Waals surface area (Å²) in [7, 11) is 0. The summed E-state index contributed by atoms with van der Waals surface area (Å²) in [4.78, 5) is 4.29. The zero-order valence-corrected chi connectivity index (χ0v) is 11.1. The minimum Gasteiger partial charge on any atom is -0.399 e. The lowest BCUT2D eigenvalue weighted by atomic mass is 10.1. The third-order valence-corrected chi connectivity index (χ3v) is 3.24. The van der Waals surface area contributed by atoms with Crippen LogP contribution >= 0.6 is 0 Å². The van der Waals surface area contributed by atoms with Crippen molar-refractivity contribution in [3.8, 4) is 11.4 Å². The SMILES string of the molecule is Nc1ccc(-c2nccn2Cc2ccc(F)cc2F)cc1. The number of nitrogens with zero attached hydrogens (tertiary/aromatic N) is 2. The van der Waals surface area contributed by atoms with E-state index < -0.39 is 11.6 Å². The van der Waals surface area contributed by atoms with Crippen LogP contribution < -0.4 is 5.73 Å². The Hall–Kier alpha value is -2.69. The lowest BCUT2D eigenvalue weighted by molar-refractivity contribution is 0.566. The molecule has 106 valence electrons. The largest absolute Gasteiger partial charge is 0.399 e. The normalized spacial score (nSPS) is 10.8. The molecule has 0 atom stereocenters. The molecule has 1 heterocycles. The lowest BCUT2D eigenvalue weighted by Crippen LogP contribution is -2.03. The first kappa shape index (κ1) is 13.3. The van der Waals surface area contributed by atoms with Crippen LogP contribution in [0.15, 0.2) is 54.9 Å². The first-order chi connectivity index (χ1) is 10.1. The van der Waals surface area contributed by atoms with E-state index in [4.69, 9.17) is 5.73 Å². The molecule has 21 heavy (non-hydrogen) atoms. The molecule has 0 saturated heterocycles. The third kappa shape index (κ3) is 2.76. The number of aromatic nitrogens is 2. The summed E-state index contributed by atoms with van der Waals surface area (Å²) in [6, 6.07) is 10.9. The molecule has 1 aromatic heterocycles. The first-order valence-electron chi connectivity index (χ1n) is 6.44. The van der Waals surface area contributed by atoms with E-state index in [1.807, 2.05) is 16.7 Å². The maximum absolute atomic E-state index is 13.7. The molecule has 0 amide bonds. The van der Waals surface area contributed by atoms with Gasteiger partial charge in [-0.1, -0.05) is 6.07 Å². The number of hydrogen-bond donors (Lipinski definition) is 1. The number of rotatable bonds is 3. The van der Waals surface area contributed by atoms with E-state index in [9.17, 15) is 8.78 Å². The standard InChI is InChI=1S/C16H13F2N3/c17-13-4-1-12(15(18)9-13)10-21-8-7-20-16(21)11-2-5-14(19)6-3-11/h1-9H,10,19H2. The fourth-order valence-electron chi connectivity index (χ4n) is 2.16. The fourth-order valence-corrected chi connectivity index (χ4v) is 2.16. The Labute approximate surface area is 120 Å². The van der Waals surface area contributed by atoms with Gasteiger partial charge >= 0.3 is 0 Å². The van der Waals surface area contributed by atoms with Crippen LogP contribution in [0.25, 0.3) is 11.4 Å². The maximum atomic E-state index is 13.7. The number of nitrogens with two attached hydrogens (primary N) is 1. The molecule has 0 aliphatic carbocycles. The van der Waals surface area contributed by atoms with Crippen molar-refractivity contribution in [1.82, 2.24) is 9.55 Å². The molecule has 2 aromatic carbocycles. The first-order valence-corrected chi connectivity index (χ1v) is 6.44. The lowest BCUT2D eigenvalue weighted by Gasteiger charge is -2.09. The van der Waals surface area contributed by atoms with Crippen molar-refractivity contribution in [2.24, 2.45) is 0 Å². The van der Waals surface area contributed by atoms with Crippen LogP contribution in [0, 0.1) is 11.6 Å². The predicted molar refractivity (Wildman–Crippen MR) is 77.5 cm³/mol. The summed E-state index contributed by atoms with van der Waals surface area (Å²) in [5.74, 6) is -0.439.